The summed E-state index contributed by atoms with van der Waals surface area (Å²) in [7, 11) is 0. The Morgan fingerprint density at radius 1 is 1.35 bits per heavy atom. The van der Waals surface area contributed by atoms with Gasteiger partial charge in [0.2, 0.25) is 5.91 Å². The van der Waals surface area contributed by atoms with Crippen LogP contribution in [0.15, 0.2) is 42.7 Å². The molecule has 2 rings (SSSR count). The van der Waals surface area contributed by atoms with Gasteiger partial charge in [-0.25, -0.2) is 0 Å². The Hall–Kier alpha value is -2.50. The van der Waals surface area contributed by atoms with Crippen molar-refractivity contribution in [3.8, 4) is 5.75 Å². The zero-order valence-electron chi connectivity index (χ0n) is 11.2. The number of nitrogens with one attached hydrogen (secondary N) is 1. The van der Waals surface area contributed by atoms with Crippen LogP contribution < -0.4 is 15.8 Å². The molecule has 0 saturated heterocycles. The number of ether oxygens (including phenoxy) is 1. The fourth-order valence-corrected chi connectivity index (χ4v) is 1.66. The minimum absolute atomic E-state index is 0.0346. The average Bonchev–Trinajstić information content (AvgIpc) is 2.94. The summed E-state index contributed by atoms with van der Waals surface area (Å²) in [6.07, 6.45) is 3.89. The summed E-state index contributed by atoms with van der Waals surface area (Å²) in [5, 5.41) is 6.87. The third-order valence-corrected chi connectivity index (χ3v) is 2.70. The number of nitrogens with zero attached hydrogens (tertiary/aromatic N) is 2. The van der Waals surface area contributed by atoms with Gasteiger partial charge in [-0.2, -0.15) is 5.10 Å². The van der Waals surface area contributed by atoms with Crippen molar-refractivity contribution in [1.82, 2.24) is 15.1 Å². The number of hydrogen-bond acceptors (Lipinski definition) is 4. The van der Waals surface area contributed by atoms with Crippen molar-refractivity contribution in [2.75, 3.05) is 18.9 Å². The maximum absolute atomic E-state index is 11.6. The fourth-order valence-electron chi connectivity index (χ4n) is 1.66. The van der Waals surface area contributed by atoms with Crippen LogP contribution in [0.1, 0.15) is 6.42 Å². The van der Waals surface area contributed by atoms with Crippen LogP contribution >= 0.6 is 0 Å². The summed E-state index contributed by atoms with van der Waals surface area (Å²) in [5.74, 6) is 0.677. The first-order chi connectivity index (χ1) is 9.74. The molecule has 0 atom stereocenters. The minimum Gasteiger partial charge on any atom is -0.493 e. The summed E-state index contributed by atoms with van der Waals surface area (Å²) in [5.41, 5.74) is 6.26. The molecule has 6 nitrogen and oxygen atoms in total. The molecule has 1 aromatic carbocycles. The van der Waals surface area contributed by atoms with Crippen LogP contribution in [0.4, 0.5) is 5.69 Å². The summed E-state index contributed by atoms with van der Waals surface area (Å²) in [4.78, 5) is 11.6. The predicted octanol–water partition coefficient (Wildman–Crippen LogP) is 1.05. The number of carbonyl (C=O) groups excluding carboxylic acids is 1. The lowest BCUT2D eigenvalue weighted by Crippen LogP contribution is -2.28. The van der Waals surface area contributed by atoms with Crippen molar-refractivity contribution in [1.29, 1.82) is 0 Å². The van der Waals surface area contributed by atoms with Crippen molar-refractivity contribution in [2.24, 2.45) is 0 Å². The number of rotatable bonds is 7. The monoisotopic (exact) mass is 274 g/mol. The van der Waals surface area contributed by atoms with Crippen molar-refractivity contribution in [3.63, 3.8) is 0 Å². The number of amides is 1. The molecule has 0 spiro atoms. The highest BCUT2D eigenvalue weighted by Gasteiger charge is 2.01. The molecule has 0 aliphatic carbocycles. The van der Waals surface area contributed by atoms with Gasteiger partial charge in [-0.15, -0.1) is 0 Å². The fraction of sp³-hybridized carbons (Fsp3) is 0.286. The van der Waals surface area contributed by atoms with Gasteiger partial charge in [0.25, 0.3) is 0 Å². The van der Waals surface area contributed by atoms with Crippen molar-refractivity contribution in [2.45, 2.75) is 13.0 Å². The first-order valence-electron chi connectivity index (χ1n) is 6.46. The van der Waals surface area contributed by atoms with Crippen LogP contribution in [0, 0.1) is 0 Å². The average molecular weight is 274 g/mol. The summed E-state index contributed by atoms with van der Waals surface area (Å²) in [6, 6.07) is 8.94. The third kappa shape index (κ3) is 4.64. The molecule has 1 amide bonds. The third-order valence-electron chi connectivity index (χ3n) is 2.70. The van der Waals surface area contributed by atoms with Crippen LogP contribution in [-0.4, -0.2) is 28.8 Å². The second-order valence-corrected chi connectivity index (χ2v) is 4.29. The maximum atomic E-state index is 11.6. The van der Waals surface area contributed by atoms with Gasteiger partial charge in [0.1, 0.15) is 5.75 Å². The Balaban J connectivity index is 1.59. The molecule has 20 heavy (non-hydrogen) atoms. The van der Waals surface area contributed by atoms with Crippen molar-refractivity contribution in [3.05, 3.63) is 42.7 Å². The molecule has 1 heterocycles. The van der Waals surface area contributed by atoms with Gasteiger partial charge in [-0.1, -0.05) is 0 Å². The Labute approximate surface area is 117 Å². The standard InChI is InChI=1S/C14H18N4O2/c15-12-2-4-13(5-3-12)20-11-6-14(19)16-8-10-18-9-1-7-17-18/h1-5,7,9H,6,8,10-11,15H2,(H,16,19). The molecule has 0 aliphatic heterocycles. The number of aromatic nitrogens is 2. The van der Waals surface area contributed by atoms with E-state index in [1.54, 1.807) is 35.1 Å². The van der Waals surface area contributed by atoms with Crippen molar-refractivity contribution < 1.29 is 9.53 Å². The summed E-state index contributed by atoms with van der Waals surface area (Å²) < 4.78 is 7.22. The molecule has 0 radical (unpaired) electrons. The molecule has 0 unspecified atom stereocenters. The first-order valence-corrected chi connectivity index (χ1v) is 6.46. The predicted molar refractivity (Wildman–Crippen MR) is 76.2 cm³/mol. The van der Waals surface area contributed by atoms with Gasteiger partial charge in [0, 0.05) is 24.6 Å². The van der Waals surface area contributed by atoms with Crippen LogP contribution in [0.25, 0.3) is 0 Å². The maximum Gasteiger partial charge on any atom is 0.223 e. The zero-order valence-corrected chi connectivity index (χ0v) is 11.2. The zero-order chi connectivity index (χ0) is 14.2. The molecule has 106 valence electrons. The van der Waals surface area contributed by atoms with Crippen LogP contribution in [-0.2, 0) is 11.3 Å². The van der Waals surface area contributed by atoms with E-state index in [0.29, 0.717) is 37.6 Å². The molecule has 0 saturated carbocycles. The highest BCUT2D eigenvalue weighted by molar-refractivity contribution is 5.75. The molecular weight excluding hydrogens is 256 g/mol. The number of nitrogen functional groups attached to an aromatic ring is 1. The van der Waals surface area contributed by atoms with Gasteiger partial charge in [-0.05, 0) is 30.3 Å². The SMILES string of the molecule is Nc1ccc(OCCC(=O)NCCn2cccn2)cc1. The Morgan fingerprint density at radius 3 is 2.85 bits per heavy atom. The lowest BCUT2D eigenvalue weighted by atomic mass is 10.3. The second kappa shape index (κ2) is 7.18. The lowest BCUT2D eigenvalue weighted by molar-refractivity contribution is -0.121. The van der Waals surface area contributed by atoms with Crippen LogP contribution in [0.5, 0.6) is 5.75 Å². The van der Waals surface area contributed by atoms with E-state index in [1.807, 2.05) is 12.3 Å². The van der Waals surface area contributed by atoms with E-state index >= 15 is 0 Å². The van der Waals surface area contributed by atoms with E-state index in [9.17, 15) is 4.79 Å². The number of benzene rings is 1. The Kier molecular flexibility index (Phi) is 5.00. The van der Waals surface area contributed by atoms with E-state index in [4.69, 9.17) is 10.5 Å². The summed E-state index contributed by atoms with van der Waals surface area (Å²) in [6.45, 7) is 1.57. The van der Waals surface area contributed by atoms with E-state index in [1.165, 1.54) is 0 Å². The molecular formula is C14H18N4O2. The number of hydrogen-bond donors (Lipinski definition) is 2. The lowest BCUT2D eigenvalue weighted by Gasteiger charge is -2.07. The summed E-state index contributed by atoms with van der Waals surface area (Å²) >= 11 is 0. The molecule has 1 aromatic heterocycles. The largest absolute Gasteiger partial charge is 0.493 e. The normalized spacial score (nSPS) is 10.2. The molecule has 2 aromatic rings. The number of carbonyl (C=O) groups is 1. The van der Waals surface area contributed by atoms with Crippen LogP contribution in [0.3, 0.4) is 0 Å². The smallest absolute Gasteiger partial charge is 0.223 e. The Morgan fingerprint density at radius 2 is 2.15 bits per heavy atom. The number of anilines is 1. The minimum atomic E-state index is -0.0346. The van der Waals surface area contributed by atoms with Gasteiger partial charge >= 0.3 is 0 Å². The first kappa shape index (κ1) is 13.9. The molecule has 0 bridgehead atoms. The number of nitrogens with two attached hydrogens (primary N) is 1. The molecule has 6 heteroatoms. The van der Waals surface area contributed by atoms with Gasteiger partial charge in [-0.3, -0.25) is 9.48 Å². The molecule has 0 aliphatic rings. The van der Waals surface area contributed by atoms with Gasteiger partial charge < -0.3 is 15.8 Å². The van der Waals surface area contributed by atoms with E-state index in [-0.39, 0.29) is 5.91 Å². The molecule has 0 fully saturated rings. The molecule has 3 N–H and O–H groups in total. The van der Waals surface area contributed by atoms with Gasteiger partial charge in [0.05, 0.1) is 19.6 Å². The van der Waals surface area contributed by atoms with Gasteiger partial charge in [0.15, 0.2) is 0 Å². The highest BCUT2D eigenvalue weighted by atomic mass is 16.5. The quantitative estimate of drug-likeness (QED) is 0.739. The second-order valence-electron chi connectivity index (χ2n) is 4.29. The highest BCUT2D eigenvalue weighted by Crippen LogP contribution is 2.12. The van der Waals surface area contributed by atoms with E-state index < -0.39 is 0 Å². The van der Waals surface area contributed by atoms with Crippen LogP contribution in [0.2, 0.25) is 0 Å². The van der Waals surface area contributed by atoms with Crippen molar-refractivity contribution >= 4 is 11.6 Å². The Bertz CT molecular complexity index is 523. The van der Waals surface area contributed by atoms with E-state index in [2.05, 4.69) is 10.4 Å². The van der Waals surface area contributed by atoms with E-state index in [0.717, 1.165) is 0 Å². The topological polar surface area (TPSA) is 82.2 Å².